The van der Waals surface area contributed by atoms with Gasteiger partial charge in [0.15, 0.2) is 0 Å². The first-order valence-electron chi connectivity index (χ1n) is 4.93. The molecule has 0 fully saturated rings. The van der Waals surface area contributed by atoms with Crippen molar-refractivity contribution in [1.82, 2.24) is 0 Å². The quantitative estimate of drug-likeness (QED) is 0.473. The molecule has 0 amide bonds. The predicted molar refractivity (Wildman–Crippen MR) is 57.2 cm³/mol. The van der Waals surface area contributed by atoms with Gasteiger partial charge < -0.3 is 0 Å². The highest BCUT2D eigenvalue weighted by Crippen LogP contribution is 2.19. The summed E-state index contributed by atoms with van der Waals surface area (Å²) >= 11 is 0. The molecule has 0 spiro atoms. The molecule has 13 heavy (non-hydrogen) atoms. The molecule has 0 radical (unpaired) electrons. The standard InChI is InChI=1S/C12H19N/c1-5-7-11(9-13)12(8-6-2)10(3)4/h6,8,10H,5,7H2,1-4H3/b8-6-,12-11-. The van der Waals surface area contributed by atoms with E-state index in [1.165, 1.54) is 5.57 Å². The molecule has 1 nitrogen and oxygen atoms in total. The van der Waals surface area contributed by atoms with E-state index in [0.29, 0.717) is 5.92 Å². The summed E-state index contributed by atoms with van der Waals surface area (Å²) in [7, 11) is 0. The summed E-state index contributed by atoms with van der Waals surface area (Å²) in [5.41, 5.74) is 2.13. The van der Waals surface area contributed by atoms with Crippen molar-refractivity contribution in [3.63, 3.8) is 0 Å². The first-order chi connectivity index (χ1) is 6.17. The molecule has 0 rings (SSSR count). The van der Waals surface area contributed by atoms with Crippen LogP contribution < -0.4 is 0 Å². The van der Waals surface area contributed by atoms with Crippen molar-refractivity contribution in [2.24, 2.45) is 5.92 Å². The Labute approximate surface area is 81.8 Å². The molecule has 0 aromatic carbocycles. The SMILES string of the molecule is C/C=C\C(=C(\C#N)CCC)C(C)C. The molecule has 0 saturated heterocycles. The Morgan fingerprint density at radius 3 is 2.38 bits per heavy atom. The van der Waals surface area contributed by atoms with Crippen LogP contribution in [0.3, 0.4) is 0 Å². The first kappa shape index (κ1) is 12.0. The second kappa shape index (κ2) is 6.48. The van der Waals surface area contributed by atoms with Crippen LogP contribution in [0.4, 0.5) is 0 Å². The first-order valence-corrected chi connectivity index (χ1v) is 4.93. The van der Waals surface area contributed by atoms with E-state index in [1.807, 2.05) is 13.0 Å². The maximum absolute atomic E-state index is 8.96. The minimum Gasteiger partial charge on any atom is -0.193 e. The average Bonchev–Trinajstić information content (AvgIpc) is 2.10. The van der Waals surface area contributed by atoms with Gasteiger partial charge in [0, 0.05) is 5.57 Å². The fourth-order valence-electron chi connectivity index (χ4n) is 1.34. The number of allylic oxidation sites excluding steroid dienone is 4. The van der Waals surface area contributed by atoms with Crippen LogP contribution in [0.2, 0.25) is 0 Å². The maximum atomic E-state index is 8.96. The molecule has 0 aromatic heterocycles. The second-order valence-electron chi connectivity index (χ2n) is 3.45. The number of hydrogen-bond acceptors (Lipinski definition) is 1. The lowest BCUT2D eigenvalue weighted by Crippen LogP contribution is -1.96. The highest BCUT2D eigenvalue weighted by atomic mass is 14.3. The summed E-state index contributed by atoms with van der Waals surface area (Å²) in [6, 6.07) is 2.30. The van der Waals surface area contributed by atoms with Crippen LogP contribution in [0.15, 0.2) is 23.3 Å². The fourth-order valence-corrected chi connectivity index (χ4v) is 1.34. The molecule has 1 heteroatoms. The summed E-state index contributed by atoms with van der Waals surface area (Å²) in [4.78, 5) is 0. The maximum Gasteiger partial charge on any atom is 0.0950 e. The Morgan fingerprint density at radius 1 is 1.46 bits per heavy atom. The zero-order chi connectivity index (χ0) is 10.3. The van der Waals surface area contributed by atoms with Crippen molar-refractivity contribution < 1.29 is 0 Å². The van der Waals surface area contributed by atoms with Crippen LogP contribution in [0.1, 0.15) is 40.5 Å². The number of hydrogen-bond donors (Lipinski definition) is 0. The summed E-state index contributed by atoms with van der Waals surface area (Å²) in [5.74, 6) is 0.442. The van der Waals surface area contributed by atoms with E-state index in [1.54, 1.807) is 0 Å². The molecule has 0 heterocycles. The molecule has 0 aliphatic rings. The average molecular weight is 177 g/mol. The molecule has 0 aromatic rings. The van der Waals surface area contributed by atoms with Crippen LogP contribution in [-0.4, -0.2) is 0 Å². The summed E-state index contributed by atoms with van der Waals surface area (Å²) < 4.78 is 0. The fraction of sp³-hybridized carbons (Fsp3) is 0.583. The molecule has 72 valence electrons. The Kier molecular flexibility index (Phi) is 5.97. The third-order valence-electron chi connectivity index (χ3n) is 1.95. The molecular formula is C12H19N. The van der Waals surface area contributed by atoms with E-state index in [2.05, 4.69) is 32.9 Å². The Balaban J connectivity index is 4.91. The van der Waals surface area contributed by atoms with Gasteiger partial charge in [0.1, 0.15) is 0 Å². The third kappa shape index (κ3) is 3.94. The van der Waals surface area contributed by atoms with Crippen molar-refractivity contribution in [3.05, 3.63) is 23.3 Å². The minimum atomic E-state index is 0.442. The lowest BCUT2D eigenvalue weighted by Gasteiger charge is -2.09. The van der Waals surface area contributed by atoms with Crippen molar-refractivity contribution in [2.75, 3.05) is 0 Å². The van der Waals surface area contributed by atoms with Gasteiger partial charge in [-0.2, -0.15) is 5.26 Å². The lowest BCUT2D eigenvalue weighted by molar-refractivity contribution is 0.768. The van der Waals surface area contributed by atoms with Crippen LogP contribution in [0.5, 0.6) is 0 Å². The van der Waals surface area contributed by atoms with Gasteiger partial charge in [-0.3, -0.25) is 0 Å². The monoisotopic (exact) mass is 177 g/mol. The van der Waals surface area contributed by atoms with Gasteiger partial charge in [0.25, 0.3) is 0 Å². The summed E-state index contributed by atoms with van der Waals surface area (Å²) in [6.07, 6.45) is 5.99. The van der Waals surface area contributed by atoms with Crippen LogP contribution >= 0.6 is 0 Å². The summed E-state index contributed by atoms with van der Waals surface area (Å²) in [5, 5.41) is 8.96. The van der Waals surface area contributed by atoms with Crippen molar-refractivity contribution in [2.45, 2.75) is 40.5 Å². The van der Waals surface area contributed by atoms with Gasteiger partial charge in [-0.25, -0.2) is 0 Å². The molecule has 0 bridgehead atoms. The lowest BCUT2D eigenvalue weighted by atomic mass is 9.95. The zero-order valence-electron chi connectivity index (χ0n) is 9.09. The van der Waals surface area contributed by atoms with Gasteiger partial charge in [-0.15, -0.1) is 0 Å². The van der Waals surface area contributed by atoms with Crippen LogP contribution in [0.25, 0.3) is 0 Å². The largest absolute Gasteiger partial charge is 0.193 e. The second-order valence-corrected chi connectivity index (χ2v) is 3.45. The van der Waals surface area contributed by atoms with Gasteiger partial charge in [-0.05, 0) is 24.8 Å². The van der Waals surface area contributed by atoms with Crippen LogP contribution in [0, 0.1) is 17.2 Å². The highest BCUT2D eigenvalue weighted by molar-refractivity contribution is 5.35. The van der Waals surface area contributed by atoms with E-state index >= 15 is 0 Å². The van der Waals surface area contributed by atoms with Crippen molar-refractivity contribution in [1.29, 1.82) is 5.26 Å². The van der Waals surface area contributed by atoms with Gasteiger partial charge in [-0.1, -0.05) is 39.3 Å². The molecule has 0 aliphatic carbocycles. The molecule has 0 N–H and O–H groups in total. The molecule has 0 unspecified atom stereocenters. The molecule has 0 saturated carbocycles. The highest BCUT2D eigenvalue weighted by Gasteiger charge is 2.06. The van der Waals surface area contributed by atoms with E-state index in [4.69, 9.17) is 5.26 Å². The third-order valence-corrected chi connectivity index (χ3v) is 1.95. The van der Waals surface area contributed by atoms with E-state index in [9.17, 15) is 0 Å². The molecular weight excluding hydrogens is 158 g/mol. The Morgan fingerprint density at radius 2 is 2.08 bits per heavy atom. The van der Waals surface area contributed by atoms with Gasteiger partial charge in [0.2, 0.25) is 0 Å². The number of nitriles is 1. The van der Waals surface area contributed by atoms with Crippen molar-refractivity contribution >= 4 is 0 Å². The van der Waals surface area contributed by atoms with Gasteiger partial charge >= 0.3 is 0 Å². The topological polar surface area (TPSA) is 23.8 Å². The Bertz CT molecular complexity index is 238. The molecule has 0 atom stereocenters. The Hall–Kier alpha value is -1.03. The number of nitrogens with zero attached hydrogens (tertiary/aromatic N) is 1. The summed E-state index contributed by atoms with van der Waals surface area (Å²) in [6.45, 7) is 8.35. The zero-order valence-corrected chi connectivity index (χ0v) is 9.09. The van der Waals surface area contributed by atoms with Crippen LogP contribution in [-0.2, 0) is 0 Å². The minimum absolute atomic E-state index is 0.442. The van der Waals surface area contributed by atoms with Gasteiger partial charge in [0.05, 0.1) is 6.07 Å². The van der Waals surface area contributed by atoms with E-state index < -0.39 is 0 Å². The number of rotatable bonds is 4. The van der Waals surface area contributed by atoms with Crippen molar-refractivity contribution in [3.8, 4) is 6.07 Å². The van der Waals surface area contributed by atoms with E-state index in [0.717, 1.165) is 18.4 Å². The smallest absolute Gasteiger partial charge is 0.0950 e. The normalized spacial score (nSPS) is 13.2. The predicted octanol–water partition coefficient (Wildman–Crippen LogP) is 3.84. The van der Waals surface area contributed by atoms with E-state index in [-0.39, 0.29) is 0 Å². The molecule has 0 aliphatic heterocycles.